The summed E-state index contributed by atoms with van der Waals surface area (Å²) < 4.78 is 6.25. The molecule has 0 unspecified atom stereocenters. The van der Waals surface area contributed by atoms with Crippen LogP contribution in [0.3, 0.4) is 0 Å². The Morgan fingerprint density at radius 2 is 1.84 bits per heavy atom. The van der Waals surface area contributed by atoms with E-state index in [0.717, 1.165) is 44.9 Å². The third kappa shape index (κ3) is 4.14. The summed E-state index contributed by atoms with van der Waals surface area (Å²) in [6.45, 7) is 17.0. The zero-order chi connectivity index (χ0) is 27.6. The first-order valence-corrected chi connectivity index (χ1v) is 14.4. The lowest BCUT2D eigenvalue weighted by molar-refractivity contribution is -0.179. The number of ether oxygens (including phenoxy) is 1. The molecule has 0 aromatic heterocycles. The average molecular weight is 513 g/mol. The molecule has 0 bridgehead atoms. The van der Waals surface area contributed by atoms with Crippen molar-refractivity contribution in [2.75, 3.05) is 0 Å². The lowest BCUT2D eigenvalue weighted by Gasteiger charge is -2.64. The summed E-state index contributed by atoms with van der Waals surface area (Å²) in [4.78, 5) is 36.6. The molecular formula is C32H48O5. The molecule has 5 nitrogen and oxygen atoms in total. The predicted molar refractivity (Wildman–Crippen MR) is 145 cm³/mol. The molecule has 0 spiro atoms. The van der Waals surface area contributed by atoms with Crippen molar-refractivity contribution in [1.82, 2.24) is 0 Å². The smallest absolute Gasteiger partial charge is 0.330 e. The van der Waals surface area contributed by atoms with Crippen molar-refractivity contribution in [2.45, 2.75) is 113 Å². The van der Waals surface area contributed by atoms with E-state index >= 15 is 0 Å². The van der Waals surface area contributed by atoms with Crippen molar-refractivity contribution in [3.8, 4) is 0 Å². The second-order valence-corrected chi connectivity index (χ2v) is 14.0. The van der Waals surface area contributed by atoms with Crippen LogP contribution in [-0.4, -0.2) is 28.9 Å². The van der Waals surface area contributed by atoms with E-state index in [1.54, 1.807) is 12.5 Å². The third-order valence-corrected chi connectivity index (χ3v) is 12.1. The highest BCUT2D eigenvalue weighted by Crippen LogP contribution is 2.73. The monoisotopic (exact) mass is 512 g/mol. The summed E-state index contributed by atoms with van der Waals surface area (Å²) in [5.41, 5.74) is 1.39. The zero-order valence-electron chi connectivity index (χ0n) is 24.3. The fourth-order valence-corrected chi connectivity index (χ4v) is 9.66. The van der Waals surface area contributed by atoms with Crippen molar-refractivity contribution in [3.05, 3.63) is 23.3 Å². The number of carboxylic acid groups (broad SMARTS) is 1. The quantitative estimate of drug-likeness (QED) is 0.232. The number of carbonyl (C=O) groups excluding carboxylic acids is 2. The van der Waals surface area contributed by atoms with Gasteiger partial charge in [0.05, 0.1) is 0 Å². The van der Waals surface area contributed by atoms with E-state index in [9.17, 15) is 19.5 Å². The van der Waals surface area contributed by atoms with Crippen LogP contribution in [0.1, 0.15) is 107 Å². The Kier molecular flexibility index (Phi) is 7.12. The minimum absolute atomic E-state index is 0.0209. The van der Waals surface area contributed by atoms with Gasteiger partial charge >= 0.3 is 11.9 Å². The molecule has 0 aromatic carbocycles. The minimum Gasteiger partial charge on any atom is -0.478 e. The van der Waals surface area contributed by atoms with Crippen LogP contribution in [-0.2, 0) is 19.1 Å². The van der Waals surface area contributed by atoms with Crippen LogP contribution in [0.4, 0.5) is 0 Å². The number of ketones is 1. The summed E-state index contributed by atoms with van der Waals surface area (Å²) in [7, 11) is 0. The molecule has 4 aliphatic carbocycles. The molecule has 0 saturated heterocycles. The first-order valence-electron chi connectivity index (χ1n) is 14.4. The molecule has 0 radical (unpaired) electrons. The Morgan fingerprint density at radius 1 is 1.16 bits per heavy atom. The molecule has 0 amide bonds. The molecule has 8 atom stereocenters. The number of carbonyl (C=O) groups is 3. The fraction of sp³-hybridized carbons (Fsp3) is 0.781. The van der Waals surface area contributed by atoms with E-state index in [1.165, 1.54) is 6.92 Å². The molecule has 206 valence electrons. The summed E-state index contributed by atoms with van der Waals surface area (Å²) in [6.07, 6.45) is 11.3. The Balaban J connectivity index is 1.72. The van der Waals surface area contributed by atoms with E-state index in [1.807, 2.05) is 6.08 Å². The van der Waals surface area contributed by atoms with Gasteiger partial charge in [-0.15, -0.1) is 0 Å². The van der Waals surface area contributed by atoms with Crippen LogP contribution in [0, 0.1) is 45.3 Å². The third-order valence-electron chi connectivity index (χ3n) is 12.1. The lowest BCUT2D eigenvalue weighted by Crippen LogP contribution is -2.61. The minimum atomic E-state index is -0.857. The number of fused-ring (bicyclic) bond motifs is 5. The van der Waals surface area contributed by atoms with Gasteiger partial charge in [0, 0.05) is 29.7 Å². The van der Waals surface area contributed by atoms with Crippen molar-refractivity contribution < 1.29 is 24.2 Å². The normalized spacial score (nSPS) is 41.7. The van der Waals surface area contributed by atoms with E-state index in [-0.39, 0.29) is 33.7 Å². The van der Waals surface area contributed by atoms with Crippen LogP contribution < -0.4 is 0 Å². The first kappa shape index (κ1) is 28.1. The van der Waals surface area contributed by atoms with E-state index in [0.29, 0.717) is 41.4 Å². The van der Waals surface area contributed by atoms with Crippen LogP contribution in [0.2, 0.25) is 0 Å². The zero-order valence-corrected chi connectivity index (χ0v) is 24.3. The van der Waals surface area contributed by atoms with Crippen LogP contribution in [0.15, 0.2) is 23.3 Å². The maximum absolute atomic E-state index is 12.9. The van der Waals surface area contributed by atoms with Crippen molar-refractivity contribution >= 4 is 17.7 Å². The summed E-state index contributed by atoms with van der Waals surface area (Å²) in [6, 6.07) is 0. The summed E-state index contributed by atoms with van der Waals surface area (Å²) in [5.74, 6) is 0.714. The van der Waals surface area contributed by atoms with Crippen molar-refractivity contribution in [2.24, 2.45) is 45.3 Å². The number of esters is 1. The molecule has 0 heterocycles. The molecule has 5 heteroatoms. The highest BCUT2D eigenvalue weighted by Gasteiger charge is 2.69. The molecule has 0 aliphatic heterocycles. The molecule has 4 aliphatic rings. The van der Waals surface area contributed by atoms with Crippen LogP contribution >= 0.6 is 0 Å². The number of carboxylic acids is 1. The van der Waals surface area contributed by atoms with Gasteiger partial charge in [0.2, 0.25) is 0 Å². The number of hydrogen-bond donors (Lipinski definition) is 1. The average Bonchev–Trinajstić information content (AvgIpc) is 3.09. The van der Waals surface area contributed by atoms with Crippen molar-refractivity contribution in [3.63, 3.8) is 0 Å². The van der Waals surface area contributed by atoms with Gasteiger partial charge in [-0.3, -0.25) is 9.59 Å². The molecule has 3 saturated carbocycles. The van der Waals surface area contributed by atoms with Gasteiger partial charge in [-0.05, 0) is 86.4 Å². The second kappa shape index (κ2) is 9.38. The second-order valence-electron chi connectivity index (χ2n) is 14.0. The maximum atomic E-state index is 12.9. The van der Waals surface area contributed by atoms with Gasteiger partial charge in [-0.2, -0.15) is 0 Å². The topological polar surface area (TPSA) is 80.7 Å². The lowest BCUT2D eigenvalue weighted by atomic mass is 9.40. The van der Waals surface area contributed by atoms with Gasteiger partial charge in [-0.1, -0.05) is 59.3 Å². The molecule has 3 fully saturated rings. The Morgan fingerprint density at radius 3 is 2.46 bits per heavy atom. The molecule has 4 rings (SSSR count). The standard InChI is InChI=1S/C32H48O5/c1-19(10-9-11-20(2)28(35)36)22-14-17-31(7)23-12-13-25-29(4,5)26(34)15-16-30(25,6)24(23)18-27(32(22,31)8)37-21(3)33/h11-12,19,22,24-25,27H,9-10,13-18H2,1-8H3,(H,35,36)/b20-11-/t19-,22-,24-,25+,27+,30-,31+,32+/m1/s1. The molecule has 0 aromatic rings. The van der Waals surface area contributed by atoms with Gasteiger partial charge in [-0.25, -0.2) is 4.79 Å². The van der Waals surface area contributed by atoms with Crippen LogP contribution in [0.25, 0.3) is 0 Å². The number of rotatable bonds is 6. The molecule has 1 N–H and O–H groups in total. The maximum Gasteiger partial charge on any atom is 0.330 e. The number of aliphatic carboxylic acids is 1. The number of allylic oxidation sites excluding steroid dienone is 3. The Bertz CT molecular complexity index is 1040. The van der Waals surface area contributed by atoms with Crippen LogP contribution in [0.5, 0.6) is 0 Å². The molecular weight excluding hydrogens is 464 g/mol. The molecule has 37 heavy (non-hydrogen) atoms. The number of hydrogen-bond acceptors (Lipinski definition) is 4. The SMILES string of the molecule is CC(=O)O[C@H]1C[C@@H]2C(=CC[C@H]3C(C)(C)C(=O)CC[C@]23C)[C@]2(C)CC[C@H]([C@H](C)CC/C=C(/C)C(=O)O)[C@@]12C. The van der Waals surface area contributed by atoms with Gasteiger partial charge in [0.15, 0.2) is 0 Å². The van der Waals surface area contributed by atoms with Crippen molar-refractivity contribution in [1.29, 1.82) is 0 Å². The fourth-order valence-electron chi connectivity index (χ4n) is 9.66. The van der Waals surface area contributed by atoms with Gasteiger partial charge < -0.3 is 9.84 Å². The Hall–Kier alpha value is -1.91. The largest absolute Gasteiger partial charge is 0.478 e. The van der Waals surface area contributed by atoms with E-state index in [2.05, 4.69) is 47.6 Å². The van der Waals surface area contributed by atoms with Gasteiger partial charge in [0.1, 0.15) is 11.9 Å². The van der Waals surface area contributed by atoms with E-state index in [4.69, 9.17) is 4.74 Å². The first-order chi connectivity index (χ1) is 17.1. The Labute approximate surface area is 223 Å². The summed E-state index contributed by atoms with van der Waals surface area (Å²) in [5, 5.41) is 9.23. The van der Waals surface area contributed by atoms with Gasteiger partial charge in [0.25, 0.3) is 0 Å². The van der Waals surface area contributed by atoms with E-state index < -0.39 is 5.97 Å². The summed E-state index contributed by atoms with van der Waals surface area (Å²) >= 11 is 0. The highest BCUT2D eigenvalue weighted by molar-refractivity contribution is 5.86. The predicted octanol–water partition coefficient (Wildman–Crippen LogP) is 7.15. The highest BCUT2D eigenvalue weighted by atomic mass is 16.5. The number of Topliss-reactive ketones (excluding diaryl/α,β-unsaturated/α-hetero) is 1.